The average Bonchev–Trinajstić information content (AvgIpc) is 2.76. The van der Waals surface area contributed by atoms with Crippen molar-refractivity contribution < 1.29 is 8.42 Å². The number of sulfonamides is 1. The minimum atomic E-state index is -3.52. The van der Waals surface area contributed by atoms with Gasteiger partial charge < -0.3 is 4.98 Å². The average molecular weight is 265 g/mol. The molecule has 2 aromatic rings. The summed E-state index contributed by atoms with van der Waals surface area (Å²) < 4.78 is 26.4. The van der Waals surface area contributed by atoms with Gasteiger partial charge in [-0.05, 0) is 25.0 Å². The van der Waals surface area contributed by atoms with Gasteiger partial charge in [-0.15, -0.1) is 0 Å². The molecule has 0 saturated carbocycles. The molecule has 18 heavy (non-hydrogen) atoms. The highest BCUT2D eigenvalue weighted by molar-refractivity contribution is 7.89. The normalized spacial score (nSPS) is 11.7. The predicted octanol–water partition coefficient (Wildman–Crippen LogP) is 1.51. The number of rotatable bonds is 4. The molecule has 0 aliphatic carbocycles. The smallest absolute Gasteiger partial charge is 0.257 e. The van der Waals surface area contributed by atoms with E-state index in [1.807, 2.05) is 31.2 Å². The van der Waals surface area contributed by atoms with E-state index in [0.29, 0.717) is 5.82 Å². The lowest BCUT2D eigenvalue weighted by atomic mass is 10.1. The van der Waals surface area contributed by atoms with Gasteiger partial charge in [-0.1, -0.05) is 24.3 Å². The van der Waals surface area contributed by atoms with Crippen LogP contribution in [0.1, 0.15) is 17.0 Å². The van der Waals surface area contributed by atoms with Crippen LogP contribution in [0.3, 0.4) is 0 Å². The van der Waals surface area contributed by atoms with E-state index in [-0.39, 0.29) is 11.6 Å². The first-order valence-electron chi connectivity index (χ1n) is 5.55. The maximum absolute atomic E-state index is 11.9. The summed E-state index contributed by atoms with van der Waals surface area (Å²) in [5.74, 6) is 0.575. The highest BCUT2D eigenvalue weighted by Gasteiger charge is 2.16. The Morgan fingerprint density at radius 3 is 2.61 bits per heavy atom. The second kappa shape index (κ2) is 4.91. The molecular weight excluding hydrogens is 250 g/mol. The molecule has 6 heteroatoms. The highest BCUT2D eigenvalue weighted by atomic mass is 32.2. The quantitative estimate of drug-likeness (QED) is 0.879. The van der Waals surface area contributed by atoms with E-state index in [9.17, 15) is 8.42 Å². The molecule has 0 amide bonds. The fourth-order valence-corrected chi connectivity index (χ4v) is 2.57. The lowest BCUT2D eigenvalue weighted by Gasteiger charge is -2.07. The number of benzene rings is 1. The molecule has 0 bridgehead atoms. The standard InChI is InChI=1S/C12H15N3O2S/c1-9-5-3-4-6-11(9)7-14-18(16,17)12-8-13-10(2)15-12/h3-6,8,14H,7H2,1-2H3,(H,13,15). The van der Waals surface area contributed by atoms with Gasteiger partial charge in [0.05, 0.1) is 6.20 Å². The molecular formula is C12H15N3O2S. The van der Waals surface area contributed by atoms with E-state index in [1.54, 1.807) is 6.92 Å². The van der Waals surface area contributed by atoms with Crippen molar-refractivity contribution >= 4 is 10.0 Å². The summed E-state index contributed by atoms with van der Waals surface area (Å²) in [4.78, 5) is 6.59. The molecule has 2 N–H and O–H groups in total. The first-order chi connectivity index (χ1) is 8.49. The van der Waals surface area contributed by atoms with Gasteiger partial charge in [0.2, 0.25) is 0 Å². The third-order valence-electron chi connectivity index (χ3n) is 2.68. The Labute approximate surface area is 106 Å². The second-order valence-corrected chi connectivity index (χ2v) is 5.82. The first kappa shape index (κ1) is 12.8. The number of nitrogens with one attached hydrogen (secondary N) is 2. The first-order valence-corrected chi connectivity index (χ1v) is 7.03. The van der Waals surface area contributed by atoms with Gasteiger partial charge in [-0.25, -0.2) is 18.1 Å². The Hall–Kier alpha value is -1.66. The third kappa shape index (κ3) is 2.77. The molecule has 1 heterocycles. The lowest BCUT2D eigenvalue weighted by Crippen LogP contribution is -2.24. The number of imidazole rings is 1. The van der Waals surface area contributed by atoms with Crippen molar-refractivity contribution in [1.82, 2.24) is 14.7 Å². The molecule has 96 valence electrons. The van der Waals surface area contributed by atoms with Crippen LogP contribution in [0.4, 0.5) is 0 Å². The zero-order valence-electron chi connectivity index (χ0n) is 10.3. The molecule has 0 fully saturated rings. The monoisotopic (exact) mass is 265 g/mol. The van der Waals surface area contributed by atoms with Crippen molar-refractivity contribution in [2.75, 3.05) is 0 Å². The Bertz CT molecular complexity index is 647. The van der Waals surface area contributed by atoms with E-state index in [0.717, 1.165) is 11.1 Å². The minimum absolute atomic E-state index is 0.0913. The van der Waals surface area contributed by atoms with Crippen molar-refractivity contribution in [3.05, 3.63) is 47.4 Å². The molecule has 0 spiro atoms. The second-order valence-electron chi connectivity index (χ2n) is 4.08. The van der Waals surface area contributed by atoms with Crippen LogP contribution in [0, 0.1) is 13.8 Å². The number of hydrogen-bond acceptors (Lipinski definition) is 3. The summed E-state index contributed by atoms with van der Waals surface area (Å²) in [5.41, 5.74) is 2.01. The van der Waals surface area contributed by atoms with E-state index in [1.165, 1.54) is 6.20 Å². The van der Waals surface area contributed by atoms with Crippen molar-refractivity contribution in [2.24, 2.45) is 0 Å². The van der Waals surface area contributed by atoms with Crippen LogP contribution in [-0.4, -0.2) is 18.4 Å². The molecule has 1 aromatic carbocycles. The predicted molar refractivity (Wildman–Crippen MR) is 68.5 cm³/mol. The summed E-state index contributed by atoms with van der Waals surface area (Å²) in [6.07, 6.45) is 1.31. The van der Waals surface area contributed by atoms with Gasteiger partial charge in [-0.3, -0.25) is 0 Å². The molecule has 0 radical (unpaired) electrons. The maximum atomic E-state index is 11.9. The van der Waals surface area contributed by atoms with Crippen LogP contribution in [0.25, 0.3) is 0 Å². The maximum Gasteiger partial charge on any atom is 0.257 e. The SMILES string of the molecule is Cc1ncc(S(=O)(=O)NCc2ccccc2C)[nH]1. The van der Waals surface area contributed by atoms with E-state index in [4.69, 9.17) is 0 Å². The number of aryl methyl sites for hydroxylation is 2. The Morgan fingerprint density at radius 2 is 2.00 bits per heavy atom. The number of H-pyrrole nitrogens is 1. The van der Waals surface area contributed by atoms with Crippen LogP contribution in [0.2, 0.25) is 0 Å². The van der Waals surface area contributed by atoms with E-state index in [2.05, 4.69) is 14.7 Å². The van der Waals surface area contributed by atoms with Crippen LogP contribution >= 0.6 is 0 Å². The van der Waals surface area contributed by atoms with Gasteiger partial charge in [0.1, 0.15) is 5.82 Å². The van der Waals surface area contributed by atoms with Crippen molar-refractivity contribution in [2.45, 2.75) is 25.4 Å². The summed E-state index contributed by atoms with van der Waals surface area (Å²) in [6, 6.07) is 7.66. The number of aromatic nitrogens is 2. The zero-order valence-corrected chi connectivity index (χ0v) is 11.1. The molecule has 1 aromatic heterocycles. The lowest BCUT2D eigenvalue weighted by molar-refractivity contribution is 0.578. The topological polar surface area (TPSA) is 74.8 Å². The largest absolute Gasteiger partial charge is 0.332 e. The summed E-state index contributed by atoms with van der Waals surface area (Å²) in [6.45, 7) is 3.93. The number of nitrogens with zero attached hydrogens (tertiary/aromatic N) is 1. The third-order valence-corrected chi connectivity index (χ3v) is 3.99. The fraction of sp³-hybridized carbons (Fsp3) is 0.250. The molecule has 0 saturated heterocycles. The van der Waals surface area contributed by atoms with Gasteiger partial charge in [0.15, 0.2) is 5.03 Å². The molecule has 0 unspecified atom stereocenters. The molecule has 0 aliphatic heterocycles. The molecule has 0 aliphatic rings. The minimum Gasteiger partial charge on any atom is -0.332 e. The van der Waals surface area contributed by atoms with Crippen LogP contribution in [0.5, 0.6) is 0 Å². The molecule has 0 atom stereocenters. The summed E-state index contributed by atoms with van der Waals surface area (Å²) in [7, 11) is -3.52. The zero-order chi connectivity index (χ0) is 13.2. The van der Waals surface area contributed by atoms with Crippen molar-refractivity contribution in [3.63, 3.8) is 0 Å². The fourth-order valence-electron chi connectivity index (χ4n) is 1.59. The van der Waals surface area contributed by atoms with Gasteiger partial charge in [0.25, 0.3) is 10.0 Å². The highest BCUT2D eigenvalue weighted by Crippen LogP contribution is 2.09. The Kier molecular flexibility index (Phi) is 3.49. The van der Waals surface area contributed by atoms with Gasteiger partial charge in [0, 0.05) is 6.54 Å². The van der Waals surface area contributed by atoms with Crippen molar-refractivity contribution in [1.29, 1.82) is 0 Å². The summed E-state index contributed by atoms with van der Waals surface area (Å²) >= 11 is 0. The van der Waals surface area contributed by atoms with Crippen LogP contribution < -0.4 is 4.72 Å². The van der Waals surface area contributed by atoms with Gasteiger partial charge in [-0.2, -0.15) is 0 Å². The number of aromatic amines is 1. The summed E-state index contributed by atoms with van der Waals surface area (Å²) in [5, 5.41) is 0.0913. The Morgan fingerprint density at radius 1 is 1.28 bits per heavy atom. The van der Waals surface area contributed by atoms with Crippen molar-refractivity contribution in [3.8, 4) is 0 Å². The van der Waals surface area contributed by atoms with Crippen LogP contribution in [-0.2, 0) is 16.6 Å². The molecule has 5 nitrogen and oxygen atoms in total. The van der Waals surface area contributed by atoms with E-state index >= 15 is 0 Å². The Balaban J connectivity index is 2.13. The van der Waals surface area contributed by atoms with Gasteiger partial charge >= 0.3 is 0 Å². The molecule has 2 rings (SSSR count). The van der Waals surface area contributed by atoms with E-state index < -0.39 is 10.0 Å². The van der Waals surface area contributed by atoms with Crippen LogP contribution in [0.15, 0.2) is 35.5 Å². The number of hydrogen-bond donors (Lipinski definition) is 2.